The van der Waals surface area contributed by atoms with Crippen molar-refractivity contribution in [2.24, 2.45) is 5.73 Å². The third-order valence-corrected chi connectivity index (χ3v) is 5.36. The number of aromatic amines is 1. The number of carbonyl (C=O) groups excluding carboxylic acids is 1. The first-order valence-electron chi connectivity index (χ1n) is 12.3. The highest BCUT2D eigenvalue weighted by molar-refractivity contribution is 5.82. The summed E-state index contributed by atoms with van der Waals surface area (Å²) < 4.78 is 63.5. The Morgan fingerprint density at radius 3 is 1.86 bits per heavy atom. The van der Waals surface area contributed by atoms with E-state index in [1.165, 1.54) is 0 Å². The van der Waals surface area contributed by atoms with E-state index >= 15 is 0 Å². The van der Waals surface area contributed by atoms with Gasteiger partial charge in [0, 0.05) is 31.4 Å². The molecule has 3 rings (SSSR count). The van der Waals surface area contributed by atoms with E-state index in [9.17, 15) is 31.1 Å². The predicted molar refractivity (Wildman–Crippen MR) is 143 cm³/mol. The number of rotatable bonds is 9. The number of likely N-dealkylation sites (N-methyl/N-ethyl adjacent to an activating group) is 1. The van der Waals surface area contributed by atoms with Gasteiger partial charge in [0.15, 0.2) is 0 Å². The third-order valence-electron chi connectivity index (χ3n) is 5.36. The van der Waals surface area contributed by atoms with Crippen LogP contribution in [0.5, 0.6) is 0 Å². The van der Waals surface area contributed by atoms with Crippen LogP contribution in [0, 0.1) is 0 Å². The van der Waals surface area contributed by atoms with Gasteiger partial charge in [-0.05, 0) is 37.2 Å². The number of aromatic nitrogens is 2. The van der Waals surface area contributed by atoms with E-state index in [0.29, 0.717) is 19.5 Å². The van der Waals surface area contributed by atoms with Crippen LogP contribution < -0.4 is 5.73 Å². The van der Waals surface area contributed by atoms with Gasteiger partial charge in [0.25, 0.3) is 0 Å². The first kappa shape index (κ1) is 36.6. The zero-order chi connectivity index (χ0) is 32.8. The van der Waals surface area contributed by atoms with Crippen LogP contribution in [-0.4, -0.2) is 93.6 Å². The second-order valence-electron chi connectivity index (χ2n) is 9.15. The van der Waals surface area contributed by atoms with E-state index < -0.39 is 30.3 Å². The fourth-order valence-corrected chi connectivity index (χ4v) is 3.25. The van der Waals surface area contributed by atoms with Gasteiger partial charge >= 0.3 is 24.3 Å². The minimum absolute atomic E-state index is 0.0237. The summed E-state index contributed by atoms with van der Waals surface area (Å²) >= 11 is 0. The molecule has 0 aliphatic heterocycles. The van der Waals surface area contributed by atoms with Crippen molar-refractivity contribution in [2.45, 2.75) is 31.4 Å². The van der Waals surface area contributed by atoms with E-state index in [1.807, 2.05) is 73.7 Å². The summed E-state index contributed by atoms with van der Waals surface area (Å²) in [5.74, 6) is -5.54. The predicted octanol–water partition coefficient (Wildman–Crippen LogP) is 3.80. The standard InChI is InChI=1S/C23H29N5O.2C2HF3O2/c1-27(2)11-12-28(17-18-7-4-3-5-8-18)23(29)22(24)14-19-9-6-10-20(13-19)21-15-25-26-16-21;2*3-2(4,5)1(6)7/h3-10,13,15-16,22H,11-12,14,17,24H2,1-2H3,(H,25,26);2*(H,6,7)/t22-;;/m1../s1. The lowest BCUT2D eigenvalue weighted by molar-refractivity contribution is -0.193. The van der Waals surface area contributed by atoms with Crippen LogP contribution in [0.2, 0.25) is 0 Å². The Morgan fingerprint density at radius 2 is 1.40 bits per heavy atom. The van der Waals surface area contributed by atoms with Crippen LogP contribution in [0.15, 0.2) is 67.0 Å². The van der Waals surface area contributed by atoms with Gasteiger partial charge in [-0.2, -0.15) is 31.4 Å². The van der Waals surface area contributed by atoms with Crippen molar-refractivity contribution in [3.8, 4) is 11.1 Å². The normalized spacial score (nSPS) is 11.9. The molecule has 1 aromatic heterocycles. The van der Waals surface area contributed by atoms with E-state index in [1.54, 1.807) is 6.20 Å². The molecular weight excluding hydrogens is 588 g/mol. The molecule has 1 amide bonds. The smallest absolute Gasteiger partial charge is 0.475 e. The number of hydrogen-bond donors (Lipinski definition) is 4. The number of H-pyrrole nitrogens is 1. The lowest BCUT2D eigenvalue weighted by Gasteiger charge is -2.27. The Hall–Kier alpha value is -4.44. The maximum absolute atomic E-state index is 13.1. The Morgan fingerprint density at radius 1 is 0.860 bits per heavy atom. The molecule has 0 unspecified atom stereocenters. The highest BCUT2D eigenvalue weighted by Crippen LogP contribution is 2.20. The summed E-state index contributed by atoms with van der Waals surface area (Å²) in [5, 5.41) is 21.1. The van der Waals surface area contributed by atoms with Gasteiger partial charge in [-0.15, -0.1) is 0 Å². The lowest BCUT2D eigenvalue weighted by atomic mass is 10.0. The fraction of sp³-hybridized carbons (Fsp3) is 0.333. The first-order chi connectivity index (χ1) is 19.9. The number of carbonyl (C=O) groups is 3. The number of nitrogens with two attached hydrogens (primary N) is 1. The molecule has 1 heterocycles. The molecule has 0 radical (unpaired) electrons. The molecule has 0 saturated heterocycles. The highest BCUT2D eigenvalue weighted by Gasteiger charge is 2.38. The van der Waals surface area contributed by atoms with Crippen LogP contribution in [0.1, 0.15) is 11.1 Å². The number of nitrogens with one attached hydrogen (secondary N) is 1. The number of aliphatic carboxylic acids is 2. The molecule has 1 atom stereocenters. The molecule has 3 aromatic rings. The van der Waals surface area contributed by atoms with Crippen molar-refractivity contribution in [2.75, 3.05) is 27.2 Å². The summed E-state index contributed by atoms with van der Waals surface area (Å²) in [6.45, 7) is 2.00. The number of halogens is 6. The van der Waals surface area contributed by atoms with Gasteiger partial charge in [0.05, 0.1) is 12.2 Å². The van der Waals surface area contributed by atoms with Crippen LogP contribution in [-0.2, 0) is 27.3 Å². The summed E-state index contributed by atoms with van der Waals surface area (Å²) in [7, 11) is 4.01. The number of carboxylic acids is 2. The Bertz CT molecular complexity index is 1260. The lowest BCUT2D eigenvalue weighted by Crippen LogP contribution is -2.46. The van der Waals surface area contributed by atoms with Crippen LogP contribution >= 0.6 is 0 Å². The molecule has 5 N–H and O–H groups in total. The maximum Gasteiger partial charge on any atom is 0.490 e. The number of carboxylic acid groups (broad SMARTS) is 2. The van der Waals surface area contributed by atoms with Crippen LogP contribution in [0.25, 0.3) is 11.1 Å². The second kappa shape index (κ2) is 16.9. The number of hydrogen-bond acceptors (Lipinski definition) is 6. The van der Waals surface area contributed by atoms with E-state index in [0.717, 1.165) is 28.8 Å². The van der Waals surface area contributed by atoms with Gasteiger partial charge in [-0.25, -0.2) is 9.59 Å². The number of benzene rings is 2. The Balaban J connectivity index is 0.000000548. The minimum atomic E-state index is -5.08. The average Bonchev–Trinajstić information content (AvgIpc) is 3.46. The molecule has 2 aromatic carbocycles. The summed E-state index contributed by atoms with van der Waals surface area (Å²) in [5.41, 5.74) is 10.6. The molecular formula is C27H31F6N5O5. The summed E-state index contributed by atoms with van der Waals surface area (Å²) in [4.78, 5) is 34.9. The average molecular weight is 620 g/mol. The number of amides is 1. The quantitative estimate of drug-likeness (QED) is 0.264. The Labute approximate surface area is 242 Å². The van der Waals surface area contributed by atoms with Gasteiger partial charge in [0.1, 0.15) is 0 Å². The molecule has 236 valence electrons. The molecule has 0 bridgehead atoms. The van der Waals surface area contributed by atoms with Gasteiger partial charge in [0.2, 0.25) is 5.91 Å². The zero-order valence-corrected chi connectivity index (χ0v) is 23.1. The molecule has 0 spiro atoms. The summed E-state index contributed by atoms with van der Waals surface area (Å²) in [6.07, 6.45) is -6.03. The SMILES string of the molecule is CN(C)CCN(Cc1ccccc1)C(=O)[C@H](N)Cc1cccc(-c2cn[nH]c2)c1.O=C(O)C(F)(F)F.O=C(O)C(F)(F)F. The van der Waals surface area contributed by atoms with E-state index in [4.69, 9.17) is 25.5 Å². The number of alkyl halides is 6. The van der Waals surface area contributed by atoms with Gasteiger partial charge in [-0.1, -0.05) is 54.6 Å². The monoisotopic (exact) mass is 619 g/mol. The molecule has 0 saturated carbocycles. The van der Waals surface area contributed by atoms with Crippen molar-refractivity contribution in [1.82, 2.24) is 20.0 Å². The third kappa shape index (κ3) is 14.3. The molecule has 10 nitrogen and oxygen atoms in total. The van der Waals surface area contributed by atoms with Crippen LogP contribution in [0.3, 0.4) is 0 Å². The topological polar surface area (TPSA) is 153 Å². The van der Waals surface area contributed by atoms with Crippen molar-refractivity contribution in [3.05, 3.63) is 78.1 Å². The second-order valence-corrected chi connectivity index (χ2v) is 9.15. The van der Waals surface area contributed by atoms with Crippen molar-refractivity contribution >= 4 is 17.8 Å². The first-order valence-corrected chi connectivity index (χ1v) is 12.3. The fourth-order valence-electron chi connectivity index (χ4n) is 3.25. The number of nitrogens with zero attached hydrogens (tertiary/aromatic N) is 3. The van der Waals surface area contributed by atoms with E-state index in [2.05, 4.69) is 21.2 Å². The van der Waals surface area contributed by atoms with Crippen molar-refractivity contribution in [1.29, 1.82) is 0 Å². The largest absolute Gasteiger partial charge is 0.490 e. The van der Waals surface area contributed by atoms with Gasteiger partial charge in [-0.3, -0.25) is 9.89 Å². The molecule has 0 fully saturated rings. The van der Waals surface area contributed by atoms with Crippen molar-refractivity contribution < 1.29 is 50.9 Å². The summed E-state index contributed by atoms with van der Waals surface area (Å²) in [6, 6.07) is 17.6. The highest BCUT2D eigenvalue weighted by atomic mass is 19.4. The Kier molecular flexibility index (Phi) is 14.3. The molecule has 0 aliphatic carbocycles. The molecule has 43 heavy (non-hydrogen) atoms. The van der Waals surface area contributed by atoms with Crippen molar-refractivity contribution in [3.63, 3.8) is 0 Å². The van der Waals surface area contributed by atoms with Gasteiger partial charge < -0.3 is 25.7 Å². The zero-order valence-electron chi connectivity index (χ0n) is 23.1. The molecule has 0 aliphatic rings. The minimum Gasteiger partial charge on any atom is -0.475 e. The molecule has 16 heteroatoms. The van der Waals surface area contributed by atoms with E-state index in [-0.39, 0.29) is 5.91 Å². The van der Waals surface area contributed by atoms with Crippen LogP contribution in [0.4, 0.5) is 26.3 Å². The maximum atomic E-state index is 13.1.